The first kappa shape index (κ1) is 21.4. The molecule has 1 atom stereocenters. The molecule has 0 fully saturated rings. The Hall–Kier alpha value is -0.660. The van der Waals surface area contributed by atoms with Crippen LogP contribution in [0.15, 0.2) is 12.4 Å². The number of hydrogen-bond donors (Lipinski definition) is 0. The van der Waals surface area contributed by atoms with Gasteiger partial charge in [0, 0.05) is 25.5 Å². The van der Waals surface area contributed by atoms with E-state index in [1.54, 1.807) is 0 Å². The fourth-order valence-corrected chi connectivity index (χ4v) is 3.78. The first-order valence-corrected chi connectivity index (χ1v) is 11.0. The van der Waals surface area contributed by atoms with Crippen molar-refractivity contribution in [1.29, 1.82) is 0 Å². The number of rotatable bonds is 16. The first-order chi connectivity index (χ1) is 11.8. The molecule has 1 aliphatic rings. The van der Waals surface area contributed by atoms with Crippen LogP contribution in [0, 0.1) is 0 Å². The molecule has 1 aliphatic heterocycles. The molecule has 2 heteroatoms. The molecule has 0 amide bonds. The molecule has 1 unspecified atom stereocenters. The van der Waals surface area contributed by atoms with Crippen LogP contribution >= 0.6 is 0 Å². The minimum Gasteiger partial charge on any atom is -0.356 e. The Balaban J connectivity index is 2.15. The quantitative estimate of drug-likeness (QED) is 0.282. The van der Waals surface area contributed by atoms with Crippen LogP contribution in [0.1, 0.15) is 111 Å². The van der Waals surface area contributed by atoms with E-state index < -0.39 is 0 Å². The SMILES string of the molecule is CCCCCCCCCCCC1N(CCC)C=CN1CCCCC. The fraction of sp³-hybridized carbons (Fsp3) is 0.909. The van der Waals surface area contributed by atoms with E-state index in [4.69, 9.17) is 0 Å². The van der Waals surface area contributed by atoms with Crippen LogP contribution in [0.2, 0.25) is 0 Å². The normalized spacial score (nSPS) is 17.2. The minimum atomic E-state index is 0.645. The molecule has 142 valence electrons. The van der Waals surface area contributed by atoms with Gasteiger partial charge in [0.2, 0.25) is 0 Å². The summed E-state index contributed by atoms with van der Waals surface area (Å²) in [4.78, 5) is 5.19. The van der Waals surface area contributed by atoms with Crippen molar-refractivity contribution in [2.75, 3.05) is 13.1 Å². The summed E-state index contributed by atoms with van der Waals surface area (Å²) in [6.07, 6.45) is 24.8. The monoisotopic (exact) mass is 336 g/mol. The van der Waals surface area contributed by atoms with E-state index in [0.717, 1.165) is 0 Å². The van der Waals surface area contributed by atoms with Crippen LogP contribution in [0.3, 0.4) is 0 Å². The lowest BCUT2D eigenvalue weighted by atomic mass is 10.1. The lowest BCUT2D eigenvalue weighted by molar-refractivity contribution is 0.137. The molecule has 0 radical (unpaired) electrons. The Labute approximate surface area is 152 Å². The molecular formula is C22H44N2. The van der Waals surface area contributed by atoms with Crippen molar-refractivity contribution in [3.63, 3.8) is 0 Å². The van der Waals surface area contributed by atoms with Gasteiger partial charge in [-0.1, -0.05) is 85.0 Å². The van der Waals surface area contributed by atoms with Crippen LogP contribution in [0.4, 0.5) is 0 Å². The summed E-state index contributed by atoms with van der Waals surface area (Å²) in [5.74, 6) is 0. The predicted molar refractivity (Wildman–Crippen MR) is 108 cm³/mol. The fourth-order valence-electron chi connectivity index (χ4n) is 3.78. The van der Waals surface area contributed by atoms with Crippen molar-refractivity contribution >= 4 is 0 Å². The molecule has 0 N–H and O–H groups in total. The van der Waals surface area contributed by atoms with Crippen molar-refractivity contribution in [3.8, 4) is 0 Å². The average molecular weight is 337 g/mol. The lowest BCUT2D eigenvalue weighted by Gasteiger charge is -2.33. The van der Waals surface area contributed by atoms with Gasteiger partial charge in [-0.2, -0.15) is 0 Å². The molecule has 0 bridgehead atoms. The van der Waals surface area contributed by atoms with Gasteiger partial charge in [0.05, 0.1) is 0 Å². The van der Waals surface area contributed by atoms with Gasteiger partial charge in [-0.05, 0) is 25.7 Å². The van der Waals surface area contributed by atoms with E-state index >= 15 is 0 Å². The van der Waals surface area contributed by atoms with Crippen molar-refractivity contribution in [3.05, 3.63) is 12.4 Å². The molecule has 0 spiro atoms. The zero-order valence-electron chi connectivity index (χ0n) is 16.9. The Morgan fingerprint density at radius 1 is 0.542 bits per heavy atom. The van der Waals surface area contributed by atoms with Crippen molar-refractivity contribution in [2.24, 2.45) is 0 Å². The van der Waals surface area contributed by atoms with Crippen LogP contribution in [0.25, 0.3) is 0 Å². The van der Waals surface area contributed by atoms with E-state index in [0.29, 0.717) is 6.17 Å². The second-order valence-electron chi connectivity index (χ2n) is 7.58. The largest absolute Gasteiger partial charge is 0.356 e. The molecular weight excluding hydrogens is 292 g/mol. The Kier molecular flexibility index (Phi) is 13.1. The summed E-state index contributed by atoms with van der Waals surface area (Å²) in [5.41, 5.74) is 0. The average Bonchev–Trinajstić information content (AvgIpc) is 2.96. The summed E-state index contributed by atoms with van der Waals surface area (Å²) in [6, 6.07) is 0. The maximum Gasteiger partial charge on any atom is 0.101 e. The summed E-state index contributed by atoms with van der Waals surface area (Å²) < 4.78 is 0. The zero-order valence-corrected chi connectivity index (χ0v) is 16.9. The van der Waals surface area contributed by atoms with E-state index in [9.17, 15) is 0 Å². The van der Waals surface area contributed by atoms with Gasteiger partial charge in [0.1, 0.15) is 6.17 Å². The van der Waals surface area contributed by atoms with E-state index in [2.05, 4.69) is 43.0 Å². The molecule has 24 heavy (non-hydrogen) atoms. The molecule has 0 aromatic heterocycles. The number of unbranched alkanes of at least 4 members (excludes halogenated alkanes) is 10. The molecule has 0 aliphatic carbocycles. The molecule has 0 aromatic carbocycles. The highest BCUT2D eigenvalue weighted by Crippen LogP contribution is 2.23. The summed E-state index contributed by atoms with van der Waals surface area (Å²) in [7, 11) is 0. The van der Waals surface area contributed by atoms with Crippen LogP contribution in [-0.2, 0) is 0 Å². The van der Waals surface area contributed by atoms with Gasteiger partial charge in [0.25, 0.3) is 0 Å². The number of hydrogen-bond acceptors (Lipinski definition) is 2. The highest BCUT2D eigenvalue weighted by Gasteiger charge is 2.24. The van der Waals surface area contributed by atoms with Crippen molar-refractivity contribution < 1.29 is 0 Å². The van der Waals surface area contributed by atoms with Gasteiger partial charge in [-0.3, -0.25) is 0 Å². The second kappa shape index (κ2) is 14.7. The van der Waals surface area contributed by atoms with E-state index in [1.165, 1.54) is 103 Å². The van der Waals surface area contributed by atoms with E-state index in [-0.39, 0.29) is 0 Å². The van der Waals surface area contributed by atoms with Gasteiger partial charge < -0.3 is 9.80 Å². The first-order valence-electron chi connectivity index (χ1n) is 11.0. The molecule has 1 rings (SSSR count). The lowest BCUT2D eigenvalue weighted by Crippen LogP contribution is -2.39. The summed E-state index contributed by atoms with van der Waals surface area (Å²) in [6.45, 7) is 9.34. The molecule has 0 aromatic rings. The van der Waals surface area contributed by atoms with Gasteiger partial charge in [-0.15, -0.1) is 0 Å². The second-order valence-corrected chi connectivity index (χ2v) is 7.58. The third-order valence-electron chi connectivity index (χ3n) is 5.28. The highest BCUT2D eigenvalue weighted by atomic mass is 15.4. The molecule has 2 nitrogen and oxygen atoms in total. The highest BCUT2D eigenvalue weighted by molar-refractivity contribution is 4.96. The Morgan fingerprint density at radius 2 is 1.04 bits per heavy atom. The Bertz CT molecular complexity index is 300. The van der Waals surface area contributed by atoms with E-state index in [1.807, 2.05) is 0 Å². The van der Waals surface area contributed by atoms with Crippen LogP contribution < -0.4 is 0 Å². The van der Waals surface area contributed by atoms with Gasteiger partial charge in [0.15, 0.2) is 0 Å². The minimum absolute atomic E-state index is 0.645. The van der Waals surface area contributed by atoms with Gasteiger partial charge >= 0.3 is 0 Å². The number of nitrogens with zero attached hydrogens (tertiary/aromatic N) is 2. The molecule has 0 saturated carbocycles. The van der Waals surface area contributed by atoms with Crippen molar-refractivity contribution in [1.82, 2.24) is 9.80 Å². The Morgan fingerprint density at radius 3 is 1.62 bits per heavy atom. The molecule has 1 heterocycles. The molecule has 0 saturated heterocycles. The van der Waals surface area contributed by atoms with Crippen molar-refractivity contribution in [2.45, 2.75) is 117 Å². The maximum atomic E-state index is 2.61. The maximum absolute atomic E-state index is 2.61. The smallest absolute Gasteiger partial charge is 0.101 e. The van der Waals surface area contributed by atoms with Crippen LogP contribution in [-0.4, -0.2) is 29.1 Å². The standard InChI is InChI=1S/C22H44N2/c1-4-7-9-10-11-12-13-14-15-17-22-23(18-6-3)20-21-24(22)19-16-8-5-2/h20-22H,4-19H2,1-3H3. The third kappa shape index (κ3) is 8.99. The summed E-state index contributed by atoms with van der Waals surface area (Å²) in [5, 5.41) is 0. The van der Waals surface area contributed by atoms with Gasteiger partial charge in [-0.25, -0.2) is 0 Å². The zero-order chi connectivity index (χ0) is 17.5. The third-order valence-corrected chi connectivity index (χ3v) is 5.28. The predicted octanol–water partition coefficient (Wildman–Crippen LogP) is 6.92. The summed E-state index contributed by atoms with van der Waals surface area (Å²) >= 11 is 0. The van der Waals surface area contributed by atoms with Crippen LogP contribution in [0.5, 0.6) is 0 Å². The topological polar surface area (TPSA) is 6.48 Å².